The van der Waals surface area contributed by atoms with Gasteiger partial charge in [-0.05, 0) is 24.3 Å². The maximum absolute atomic E-state index is 12.0. The molecule has 0 radical (unpaired) electrons. The molecule has 0 unspecified atom stereocenters. The molecule has 0 amide bonds. The third-order valence-electron chi connectivity index (χ3n) is 2.66. The largest absolute Gasteiger partial charge is 0.398 e. The molecule has 0 atom stereocenters. The van der Waals surface area contributed by atoms with Gasteiger partial charge in [0.1, 0.15) is 0 Å². The van der Waals surface area contributed by atoms with Crippen LogP contribution in [0, 0.1) is 0 Å². The minimum Gasteiger partial charge on any atom is -0.398 e. The molecule has 0 aliphatic carbocycles. The van der Waals surface area contributed by atoms with Crippen molar-refractivity contribution in [2.45, 2.75) is 0 Å². The number of nitrogens with two attached hydrogens (primary N) is 1. The number of Topliss-reactive ketones (excluding diaryl/α,β-unsaturated/α-hetero) is 1. The van der Waals surface area contributed by atoms with Crippen molar-refractivity contribution in [3.8, 4) is 0 Å². The molecule has 0 bridgehead atoms. The van der Waals surface area contributed by atoms with Gasteiger partial charge in [0.25, 0.3) is 0 Å². The van der Waals surface area contributed by atoms with Gasteiger partial charge in [-0.25, -0.2) is 0 Å². The second-order valence-corrected chi connectivity index (χ2v) is 5.96. The number of hydrogen-bond acceptors (Lipinski definition) is 4. The summed E-state index contributed by atoms with van der Waals surface area (Å²) in [5.41, 5.74) is 7.19. The van der Waals surface area contributed by atoms with Gasteiger partial charge < -0.3 is 5.73 Å². The van der Waals surface area contributed by atoms with Crippen molar-refractivity contribution in [3.63, 3.8) is 0 Å². The van der Waals surface area contributed by atoms with Crippen LogP contribution in [0.3, 0.4) is 0 Å². The van der Waals surface area contributed by atoms with E-state index in [9.17, 15) is 9.59 Å². The lowest BCUT2D eigenvalue weighted by molar-refractivity contribution is 0.101. The Balaban J connectivity index is 2.01. The van der Waals surface area contributed by atoms with E-state index in [4.69, 9.17) is 5.73 Å². The number of anilines is 1. The summed E-state index contributed by atoms with van der Waals surface area (Å²) in [6.45, 7) is 0. The Hall–Kier alpha value is -1.59. The highest BCUT2D eigenvalue weighted by molar-refractivity contribution is 9.10. The minimum absolute atomic E-state index is 0.0841. The maximum atomic E-state index is 12.0. The topological polar surface area (TPSA) is 60.2 Å². The van der Waals surface area contributed by atoms with Gasteiger partial charge in [-0.2, -0.15) is 0 Å². The summed E-state index contributed by atoms with van der Waals surface area (Å²) in [5, 5.41) is -0.188. The number of nitrogen functional groups attached to an aromatic ring is 1. The Morgan fingerprint density at radius 1 is 1.10 bits per heavy atom. The second-order valence-electron chi connectivity index (χ2n) is 4.10. The highest BCUT2D eigenvalue weighted by Gasteiger charge is 2.13. The Bertz CT molecular complexity index is 658. The smallest absolute Gasteiger partial charge is 0.221 e. The van der Waals surface area contributed by atoms with Crippen LogP contribution in [0.1, 0.15) is 20.7 Å². The summed E-state index contributed by atoms with van der Waals surface area (Å²) in [7, 11) is 0. The summed E-state index contributed by atoms with van der Waals surface area (Å²) >= 11 is 4.28. The van der Waals surface area contributed by atoms with Crippen molar-refractivity contribution in [3.05, 3.63) is 64.1 Å². The predicted molar refractivity (Wildman–Crippen MR) is 86.1 cm³/mol. The first-order chi connectivity index (χ1) is 9.58. The third kappa shape index (κ3) is 3.71. The van der Waals surface area contributed by atoms with E-state index in [0.29, 0.717) is 16.8 Å². The van der Waals surface area contributed by atoms with Crippen LogP contribution in [0.2, 0.25) is 0 Å². The highest BCUT2D eigenvalue weighted by atomic mass is 79.9. The summed E-state index contributed by atoms with van der Waals surface area (Å²) < 4.78 is 0.840. The van der Waals surface area contributed by atoms with Crippen LogP contribution in [-0.4, -0.2) is 16.7 Å². The molecule has 2 aromatic carbocycles. The lowest BCUT2D eigenvalue weighted by atomic mass is 10.2. The van der Waals surface area contributed by atoms with Gasteiger partial charge in [0, 0.05) is 15.7 Å². The molecule has 0 aliphatic rings. The molecule has 0 aliphatic heterocycles. The van der Waals surface area contributed by atoms with Gasteiger partial charge in [-0.15, -0.1) is 0 Å². The van der Waals surface area contributed by atoms with E-state index < -0.39 is 0 Å². The Kier molecular flexibility index (Phi) is 4.98. The monoisotopic (exact) mass is 349 g/mol. The average Bonchev–Trinajstić information content (AvgIpc) is 2.45. The molecule has 0 aromatic heterocycles. The zero-order valence-corrected chi connectivity index (χ0v) is 12.9. The SMILES string of the molecule is Nc1ccccc1C(=O)SCC(=O)c1cccc(Br)c1. The molecule has 102 valence electrons. The van der Waals surface area contributed by atoms with Crippen LogP contribution in [0.15, 0.2) is 53.0 Å². The van der Waals surface area contributed by atoms with Crippen molar-refractivity contribution in [1.82, 2.24) is 0 Å². The van der Waals surface area contributed by atoms with Gasteiger partial charge in [-0.3, -0.25) is 9.59 Å². The molecule has 0 fully saturated rings. The first kappa shape index (κ1) is 14.8. The van der Waals surface area contributed by atoms with Gasteiger partial charge in [0.05, 0.1) is 11.3 Å². The van der Waals surface area contributed by atoms with E-state index in [1.54, 1.807) is 42.5 Å². The molecule has 20 heavy (non-hydrogen) atoms. The van der Waals surface area contributed by atoms with Crippen LogP contribution in [0.4, 0.5) is 5.69 Å². The molecular formula is C15H12BrNO2S. The lowest BCUT2D eigenvalue weighted by Crippen LogP contribution is -2.06. The molecule has 2 aromatic rings. The molecular weight excluding hydrogens is 338 g/mol. The molecule has 0 saturated carbocycles. The van der Waals surface area contributed by atoms with E-state index in [0.717, 1.165) is 16.2 Å². The number of ketones is 1. The fourth-order valence-corrected chi connectivity index (χ4v) is 2.81. The number of para-hydroxylation sites is 1. The highest BCUT2D eigenvalue weighted by Crippen LogP contribution is 2.20. The fraction of sp³-hybridized carbons (Fsp3) is 0.0667. The van der Waals surface area contributed by atoms with E-state index in [2.05, 4.69) is 15.9 Å². The first-order valence-corrected chi connectivity index (χ1v) is 7.66. The predicted octanol–water partition coefficient (Wildman–Crippen LogP) is 3.79. The standard InChI is InChI=1S/C15H12BrNO2S/c16-11-5-3-4-10(8-11)14(18)9-20-15(19)12-6-1-2-7-13(12)17/h1-8H,9,17H2. The van der Waals surface area contributed by atoms with E-state index >= 15 is 0 Å². The minimum atomic E-state index is -0.188. The Labute approximate surface area is 129 Å². The number of hydrogen-bond donors (Lipinski definition) is 1. The molecule has 2 rings (SSSR count). The molecule has 5 heteroatoms. The fourth-order valence-electron chi connectivity index (χ4n) is 1.64. The van der Waals surface area contributed by atoms with Gasteiger partial charge >= 0.3 is 0 Å². The number of halogens is 1. The summed E-state index contributed by atoms with van der Waals surface area (Å²) in [6.07, 6.45) is 0. The summed E-state index contributed by atoms with van der Waals surface area (Å²) in [4.78, 5) is 24.0. The Morgan fingerprint density at radius 2 is 1.85 bits per heavy atom. The Morgan fingerprint density at radius 3 is 2.55 bits per heavy atom. The van der Waals surface area contributed by atoms with Gasteiger partial charge in [-0.1, -0.05) is 52.0 Å². The van der Waals surface area contributed by atoms with Gasteiger partial charge in [0.2, 0.25) is 5.12 Å². The van der Waals surface area contributed by atoms with Crippen LogP contribution in [0.5, 0.6) is 0 Å². The van der Waals surface area contributed by atoms with Crippen LogP contribution in [0.25, 0.3) is 0 Å². The van der Waals surface area contributed by atoms with Crippen molar-refractivity contribution in [1.29, 1.82) is 0 Å². The molecule has 0 spiro atoms. The van der Waals surface area contributed by atoms with Gasteiger partial charge in [0.15, 0.2) is 5.78 Å². The van der Waals surface area contributed by atoms with Crippen molar-refractivity contribution in [2.75, 3.05) is 11.5 Å². The number of carbonyl (C=O) groups excluding carboxylic acids is 2. The second kappa shape index (κ2) is 6.72. The normalized spacial score (nSPS) is 10.2. The molecule has 0 heterocycles. The summed E-state index contributed by atoms with van der Waals surface area (Å²) in [6, 6.07) is 14.0. The lowest BCUT2D eigenvalue weighted by Gasteiger charge is -2.04. The van der Waals surface area contributed by atoms with E-state index in [-0.39, 0.29) is 16.7 Å². The zero-order valence-electron chi connectivity index (χ0n) is 10.5. The molecule has 3 nitrogen and oxygen atoms in total. The van der Waals surface area contributed by atoms with Crippen molar-refractivity contribution in [2.24, 2.45) is 0 Å². The first-order valence-electron chi connectivity index (χ1n) is 5.88. The van der Waals surface area contributed by atoms with Crippen LogP contribution >= 0.6 is 27.7 Å². The molecule has 0 saturated heterocycles. The average molecular weight is 350 g/mol. The van der Waals surface area contributed by atoms with Crippen LogP contribution in [-0.2, 0) is 0 Å². The number of benzene rings is 2. The quantitative estimate of drug-likeness (QED) is 0.673. The van der Waals surface area contributed by atoms with Crippen molar-refractivity contribution >= 4 is 44.3 Å². The number of carbonyl (C=O) groups is 2. The molecule has 2 N–H and O–H groups in total. The summed E-state index contributed by atoms with van der Waals surface area (Å²) in [5.74, 6) is 0.0167. The van der Waals surface area contributed by atoms with E-state index in [1.807, 2.05) is 6.07 Å². The number of rotatable bonds is 4. The van der Waals surface area contributed by atoms with Crippen LogP contribution < -0.4 is 5.73 Å². The van der Waals surface area contributed by atoms with E-state index in [1.165, 1.54) is 0 Å². The maximum Gasteiger partial charge on any atom is 0.221 e. The third-order valence-corrected chi connectivity index (χ3v) is 4.04. The number of thioether (sulfide) groups is 1. The zero-order chi connectivity index (χ0) is 14.5. The van der Waals surface area contributed by atoms with Crippen molar-refractivity contribution < 1.29 is 9.59 Å².